The predicted molar refractivity (Wildman–Crippen MR) is 90.5 cm³/mol. The van der Waals surface area contributed by atoms with Gasteiger partial charge in [-0.05, 0) is 53.8 Å². The first kappa shape index (κ1) is 14.9. The molecular formula is C20H18FNO2. The van der Waals surface area contributed by atoms with Crippen LogP contribution in [-0.2, 0) is 4.74 Å². The summed E-state index contributed by atoms with van der Waals surface area (Å²) in [4.78, 5) is 11.6. The third-order valence-electron chi connectivity index (χ3n) is 5.02. The van der Waals surface area contributed by atoms with E-state index in [9.17, 15) is 9.18 Å². The van der Waals surface area contributed by atoms with Gasteiger partial charge in [0.25, 0.3) is 0 Å². The second-order valence-electron chi connectivity index (χ2n) is 6.32. The molecule has 1 aliphatic heterocycles. The zero-order valence-electron chi connectivity index (χ0n) is 13.3. The van der Waals surface area contributed by atoms with Crippen LogP contribution in [0.3, 0.4) is 0 Å². The fourth-order valence-electron chi connectivity index (χ4n) is 3.84. The van der Waals surface area contributed by atoms with Crippen molar-refractivity contribution < 1.29 is 13.9 Å². The second kappa shape index (κ2) is 5.78. The number of methoxy groups -OCH3 is 1. The largest absolute Gasteiger partial charge is 0.465 e. The monoisotopic (exact) mass is 323 g/mol. The van der Waals surface area contributed by atoms with Crippen molar-refractivity contribution in [3.63, 3.8) is 0 Å². The highest BCUT2D eigenvalue weighted by molar-refractivity contribution is 5.89. The number of carbonyl (C=O) groups excluding carboxylic acids is 1. The van der Waals surface area contributed by atoms with Crippen LogP contribution in [0.4, 0.5) is 10.1 Å². The molecule has 2 aromatic carbocycles. The summed E-state index contributed by atoms with van der Waals surface area (Å²) in [6, 6.07) is 12.6. The Morgan fingerprint density at radius 1 is 1.21 bits per heavy atom. The van der Waals surface area contributed by atoms with Crippen LogP contribution in [0.5, 0.6) is 0 Å². The lowest BCUT2D eigenvalue weighted by atomic mass is 9.77. The summed E-state index contributed by atoms with van der Waals surface area (Å²) >= 11 is 0. The molecule has 24 heavy (non-hydrogen) atoms. The van der Waals surface area contributed by atoms with E-state index < -0.39 is 0 Å². The van der Waals surface area contributed by atoms with E-state index in [1.165, 1.54) is 13.2 Å². The van der Waals surface area contributed by atoms with Crippen LogP contribution in [0, 0.1) is 11.7 Å². The molecule has 0 saturated carbocycles. The molecule has 0 bridgehead atoms. The van der Waals surface area contributed by atoms with Gasteiger partial charge in [-0.3, -0.25) is 0 Å². The minimum atomic E-state index is -0.334. The van der Waals surface area contributed by atoms with Crippen LogP contribution in [0.25, 0.3) is 0 Å². The summed E-state index contributed by atoms with van der Waals surface area (Å²) in [6.45, 7) is 0. The molecule has 0 saturated heterocycles. The quantitative estimate of drug-likeness (QED) is 0.656. The lowest BCUT2D eigenvalue weighted by molar-refractivity contribution is 0.0600. The molecule has 1 aliphatic carbocycles. The number of carbonyl (C=O) groups is 1. The summed E-state index contributed by atoms with van der Waals surface area (Å²) in [7, 11) is 1.38. The Balaban J connectivity index is 1.69. The Hall–Kier alpha value is -2.62. The van der Waals surface area contributed by atoms with Gasteiger partial charge in [-0.15, -0.1) is 0 Å². The van der Waals surface area contributed by atoms with Crippen LogP contribution >= 0.6 is 0 Å². The molecule has 1 N–H and O–H groups in total. The number of halogens is 1. The van der Waals surface area contributed by atoms with Crippen LogP contribution in [0.2, 0.25) is 0 Å². The smallest absolute Gasteiger partial charge is 0.337 e. The lowest BCUT2D eigenvalue weighted by Gasteiger charge is -2.37. The summed E-state index contributed by atoms with van der Waals surface area (Å²) in [5.74, 6) is 0.0420. The van der Waals surface area contributed by atoms with E-state index in [1.54, 1.807) is 18.2 Å². The molecule has 3 nitrogen and oxygen atoms in total. The maximum Gasteiger partial charge on any atom is 0.337 e. The van der Waals surface area contributed by atoms with Crippen LogP contribution < -0.4 is 5.32 Å². The number of hydrogen-bond donors (Lipinski definition) is 1. The third-order valence-corrected chi connectivity index (χ3v) is 5.02. The number of anilines is 1. The van der Waals surface area contributed by atoms with Gasteiger partial charge in [-0.2, -0.15) is 0 Å². The van der Waals surface area contributed by atoms with Crippen molar-refractivity contribution >= 4 is 11.7 Å². The first-order valence-corrected chi connectivity index (χ1v) is 8.08. The molecule has 1 heterocycles. The third kappa shape index (κ3) is 2.39. The van der Waals surface area contributed by atoms with Gasteiger partial charge in [-0.25, -0.2) is 9.18 Å². The molecule has 0 radical (unpaired) electrons. The SMILES string of the molecule is COC(=O)c1ccc([C@@H]2Nc3ccc(F)cc3[C@@H]3C=CC[C@H]32)cc1. The average Bonchev–Trinajstić information content (AvgIpc) is 3.11. The molecule has 0 unspecified atom stereocenters. The molecule has 0 amide bonds. The van der Waals surface area contributed by atoms with Crippen LogP contribution in [-0.4, -0.2) is 13.1 Å². The maximum atomic E-state index is 13.6. The highest BCUT2D eigenvalue weighted by Gasteiger charge is 2.37. The summed E-state index contributed by atoms with van der Waals surface area (Å²) in [5.41, 5.74) is 3.67. The van der Waals surface area contributed by atoms with Crippen LogP contribution in [0.15, 0.2) is 54.6 Å². The maximum absolute atomic E-state index is 13.6. The van der Waals surface area contributed by atoms with Gasteiger partial charge in [-0.1, -0.05) is 24.3 Å². The van der Waals surface area contributed by atoms with E-state index in [0.29, 0.717) is 11.5 Å². The fourth-order valence-corrected chi connectivity index (χ4v) is 3.84. The van der Waals surface area contributed by atoms with Crippen molar-refractivity contribution in [3.05, 3.63) is 77.1 Å². The van der Waals surface area contributed by atoms with E-state index in [4.69, 9.17) is 4.74 Å². The number of hydrogen-bond acceptors (Lipinski definition) is 3. The van der Waals surface area contributed by atoms with E-state index in [0.717, 1.165) is 23.2 Å². The second-order valence-corrected chi connectivity index (χ2v) is 6.32. The minimum Gasteiger partial charge on any atom is -0.465 e. The van der Waals surface area contributed by atoms with Gasteiger partial charge in [0, 0.05) is 11.6 Å². The topological polar surface area (TPSA) is 38.3 Å². The molecule has 122 valence electrons. The molecule has 2 aromatic rings. The van der Waals surface area contributed by atoms with Gasteiger partial charge in [0.05, 0.1) is 18.7 Å². The number of fused-ring (bicyclic) bond motifs is 3. The molecule has 0 aromatic heterocycles. The van der Waals surface area contributed by atoms with Crippen molar-refractivity contribution in [1.82, 2.24) is 0 Å². The zero-order chi connectivity index (χ0) is 16.7. The summed E-state index contributed by atoms with van der Waals surface area (Å²) in [6.07, 6.45) is 5.31. The minimum absolute atomic E-state index is 0.134. The van der Waals surface area contributed by atoms with Gasteiger partial charge >= 0.3 is 5.97 Å². The summed E-state index contributed by atoms with van der Waals surface area (Å²) in [5, 5.41) is 3.55. The molecule has 3 atom stereocenters. The average molecular weight is 323 g/mol. The van der Waals surface area contributed by atoms with Gasteiger partial charge in [0.2, 0.25) is 0 Å². The van der Waals surface area contributed by atoms with Gasteiger partial charge in [0.1, 0.15) is 5.82 Å². The Morgan fingerprint density at radius 3 is 2.75 bits per heavy atom. The number of nitrogens with one attached hydrogen (secondary N) is 1. The Bertz CT molecular complexity index is 813. The first-order chi connectivity index (χ1) is 11.7. The number of allylic oxidation sites excluding steroid dienone is 2. The zero-order valence-corrected chi connectivity index (χ0v) is 13.3. The number of esters is 1. The Labute approximate surface area is 140 Å². The number of benzene rings is 2. The lowest BCUT2D eigenvalue weighted by Crippen LogP contribution is -2.29. The molecule has 4 rings (SSSR count). The normalized spacial score (nSPS) is 24.0. The molecule has 2 aliphatic rings. The van der Waals surface area contributed by atoms with Crippen molar-refractivity contribution in [1.29, 1.82) is 0 Å². The molecule has 0 fully saturated rings. The van der Waals surface area contributed by atoms with Gasteiger partial charge in [0.15, 0.2) is 0 Å². The van der Waals surface area contributed by atoms with E-state index in [1.807, 2.05) is 18.2 Å². The Kier molecular flexibility index (Phi) is 3.60. The summed E-state index contributed by atoms with van der Waals surface area (Å²) < 4.78 is 18.4. The van der Waals surface area contributed by atoms with Crippen molar-refractivity contribution in [2.45, 2.75) is 18.4 Å². The van der Waals surface area contributed by atoms with Crippen molar-refractivity contribution in [3.8, 4) is 0 Å². The van der Waals surface area contributed by atoms with E-state index in [2.05, 4.69) is 17.5 Å². The number of rotatable bonds is 2. The van der Waals surface area contributed by atoms with Crippen molar-refractivity contribution in [2.24, 2.45) is 5.92 Å². The molecular weight excluding hydrogens is 305 g/mol. The molecule has 4 heteroatoms. The van der Waals surface area contributed by atoms with E-state index >= 15 is 0 Å². The Morgan fingerprint density at radius 2 is 2.00 bits per heavy atom. The highest BCUT2D eigenvalue weighted by atomic mass is 19.1. The van der Waals surface area contributed by atoms with Crippen molar-refractivity contribution in [2.75, 3.05) is 12.4 Å². The predicted octanol–water partition coefficient (Wildman–Crippen LogP) is 4.44. The standard InChI is InChI=1S/C20H18FNO2/c1-24-20(23)13-7-5-12(6-8-13)19-16-4-2-3-15(16)17-11-14(21)9-10-18(17)22-19/h2-3,5-11,15-16,19,22H,4H2,1H3/t15-,16-,19+/m1/s1. The van der Waals surface area contributed by atoms with Crippen LogP contribution in [0.1, 0.15) is 39.9 Å². The van der Waals surface area contributed by atoms with E-state index in [-0.39, 0.29) is 23.7 Å². The highest BCUT2D eigenvalue weighted by Crippen LogP contribution is 2.49. The first-order valence-electron chi connectivity index (χ1n) is 8.08. The molecule has 0 spiro atoms. The fraction of sp³-hybridized carbons (Fsp3) is 0.250. The van der Waals surface area contributed by atoms with Gasteiger partial charge < -0.3 is 10.1 Å². The number of ether oxygens (including phenoxy) is 1.